The molecule has 4 heteroatoms. The van der Waals surface area contributed by atoms with E-state index >= 15 is 4.39 Å². The Kier molecular flexibility index (Phi) is 3.84. The Bertz CT molecular complexity index is 693. The normalized spacial score (nSPS) is 45.8. The Labute approximate surface area is 148 Å². The Hall–Kier alpha value is -1.29. The number of ketones is 2. The number of alkyl halides is 1. The molecule has 2 fully saturated rings. The highest BCUT2D eigenvalue weighted by Gasteiger charge is 2.58. The highest BCUT2D eigenvalue weighted by atomic mass is 19.1. The van der Waals surface area contributed by atoms with Crippen LogP contribution in [0.2, 0.25) is 0 Å². The summed E-state index contributed by atoms with van der Waals surface area (Å²) in [5.41, 5.74) is 1.47. The van der Waals surface area contributed by atoms with Gasteiger partial charge in [-0.05, 0) is 61.0 Å². The topological polar surface area (TPSA) is 54.4 Å². The molecule has 0 saturated heterocycles. The largest absolute Gasteiger partial charge is 0.389 e. The summed E-state index contributed by atoms with van der Waals surface area (Å²) in [5.74, 6) is 0.313. The summed E-state index contributed by atoms with van der Waals surface area (Å²) in [4.78, 5) is 24.1. The van der Waals surface area contributed by atoms with E-state index in [1.165, 1.54) is 5.57 Å². The third-order valence-corrected chi connectivity index (χ3v) is 7.86. The molecule has 0 radical (unpaired) electrons. The summed E-state index contributed by atoms with van der Waals surface area (Å²) in [6.45, 7) is 3.86. The van der Waals surface area contributed by atoms with Crippen LogP contribution >= 0.6 is 0 Å². The molecule has 0 unspecified atom stereocenters. The van der Waals surface area contributed by atoms with Gasteiger partial charge in [-0.25, -0.2) is 4.39 Å². The number of carbonyl (C=O) groups excluding carboxylic acids is 2. The molecular formula is C21H27FO3. The van der Waals surface area contributed by atoms with Gasteiger partial charge < -0.3 is 5.11 Å². The van der Waals surface area contributed by atoms with Gasteiger partial charge in [0.1, 0.15) is 12.8 Å². The van der Waals surface area contributed by atoms with Gasteiger partial charge >= 0.3 is 0 Å². The summed E-state index contributed by atoms with van der Waals surface area (Å²) in [7, 11) is 0. The van der Waals surface area contributed by atoms with Crippen LogP contribution in [0.1, 0.15) is 52.4 Å². The van der Waals surface area contributed by atoms with E-state index in [2.05, 4.69) is 19.9 Å². The van der Waals surface area contributed by atoms with E-state index in [4.69, 9.17) is 0 Å². The molecule has 25 heavy (non-hydrogen) atoms. The lowest BCUT2D eigenvalue weighted by Crippen LogP contribution is -2.48. The number of allylic oxidation sites excluding steroid dienone is 4. The summed E-state index contributed by atoms with van der Waals surface area (Å²) >= 11 is 0. The van der Waals surface area contributed by atoms with Gasteiger partial charge in [-0.2, -0.15) is 0 Å². The van der Waals surface area contributed by atoms with E-state index in [1.54, 1.807) is 6.08 Å². The van der Waals surface area contributed by atoms with Gasteiger partial charge in [-0.15, -0.1) is 0 Å². The fourth-order valence-corrected chi connectivity index (χ4v) is 6.50. The van der Waals surface area contributed by atoms with Crippen molar-refractivity contribution in [3.63, 3.8) is 0 Å². The van der Waals surface area contributed by atoms with E-state index in [0.717, 1.165) is 19.3 Å². The van der Waals surface area contributed by atoms with Crippen molar-refractivity contribution < 1.29 is 19.1 Å². The SMILES string of the molecule is C[C@]12CCC(=O)C=C1[C@@H](F)C[C@@H]1C2=CC[C@]2(C)[C@@H](C(=O)CO)CC[C@@H]12. The van der Waals surface area contributed by atoms with E-state index in [0.29, 0.717) is 30.8 Å². The number of halogens is 1. The molecule has 0 aliphatic heterocycles. The molecule has 2 saturated carbocycles. The number of hydrogen-bond acceptors (Lipinski definition) is 3. The van der Waals surface area contributed by atoms with Crippen molar-refractivity contribution in [2.45, 2.75) is 58.5 Å². The number of Topliss-reactive ketones (excluding diaryl/α,β-unsaturated/α-hetero) is 1. The first-order valence-corrected chi connectivity index (χ1v) is 9.54. The van der Waals surface area contributed by atoms with Crippen LogP contribution in [0.25, 0.3) is 0 Å². The van der Waals surface area contributed by atoms with Crippen molar-refractivity contribution in [1.82, 2.24) is 0 Å². The zero-order valence-corrected chi connectivity index (χ0v) is 15.1. The second-order valence-electron chi connectivity index (χ2n) is 8.94. The lowest BCUT2D eigenvalue weighted by atomic mass is 9.50. The van der Waals surface area contributed by atoms with Gasteiger partial charge in [0.15, 0.2) is 11.6 Å². The molecule has 6 atom stereocenters. The molecule has 0 amide bonds. The smallest absolute Gasteiger partial charge is 0.161 e. The molecule has 0 aromatic rings. The first-order valence-electron chi connectivity index (χ1n) is 9.54. The van der Waals surface area contributed by atoms with Crippen molar-refractivity contribution in [2.24, 2.45) is 28.6 Å². The maximum absolute atomic E-state index is 15.1. The van der Waals surface area contributed by atoms with Crippen molar-refractivity contribution in [3.8, 4) is 0 Å². The highest BCUT2D eigenvalue weighted by molar-refractivity contribution is 5.92. The third kappa shape index (κ3) is 2.26. The maximum Gasteiger partial charge on any atom is 0.161 e. The van der Waals surface area contributed by atoms with E-state index in [1.807, 2.05) is 0 Å². The van der Waals surface area contributed by atoms with Crippen LogP contribution in [0.5, 0.6) is 0 Å². The predicted molar refractivity (Wildman–Crippen MR) is 92.5 cm³/mol. The van der Waals surface area contributed by atoms with Gasteiger partial charge in [-0.3, -0.25) is 9.59 Å². The van der Waals surface area contributed by atoms with Crippen LogP contribution in [0.4, 0.5) is 4.39 Å². The fourth-order valence-electron chi connectivity index (χ4n) is 6.50. The molecule has 1 N–H and O–H groups in total. The molecule has 4 aliphatic carbocycles. The minimum Gasteiger partial charge on any atom is -0.389 e. The molecule has 3 nitrogen and oxygen atoms in total. The van der Waals surface area contributed by atoms with Crippen molar-refractivity contribution in [1.29, 1.82) is 0 Å². The quantitative estimate of drug-likeness (QED) is 0.778. The van der Waals surface area contributed by atoms with Gasteiger partial charge in [0.2, 0.25) is 0 Å². The summed E-state index contributed by atoms with van der Waals surface area (Å²) in [5, 5.41) is 9.33. The van der Waals surface area contributed by atoms with Crippen LogP contribution in [-0.4, -0.2) is 29.5 Å². The molecule has 136 valence electrons. The van der Waals surface area contributed by atoms with Crippen LogP contribution < -0.4 is 0 Å². The number of fused-ring (bicyclic) bond motifs is 5. The summed E-state index contributed by atoms with van der Waals surface area (Å²) < 4.78 is 15.1. The Morgan fingerprint density at radius 3 is 2.80 bits per heavy atom. The zero-order valence-electron chi connectivity index (χ0n) is 15.1. The van der Waals surface area contributed by atoms with Gasteiger partial charge in [0.05, 0.1) is 0 Å². The van der Waals surface area contributed by atoms with Crippen LogP contribution in [0.15, 0.2) is 23.3 Å². The van der Waals surface area contributed by atoms with Crippen LogP contribution in [0.3, 0.4) is 0 Å². The number of rotatable bonds is 2. The number of aliphatic hydroxyl groups is 1. The first kappa shape index (κ1) is 17.1. The Morgan fingerprint density at radius 2 is 2.08 bits per heavy atom. The minimum atomic E-state index is -1.06. The monoisotopic (exact) mass is 346 g/mol. The van der Waals surface area contributed by atoms with E-state index < -0.39 is 12.8 Å². The zero-order chi connectivity index (χ0) is 18.0. The molecule has 0 bridgehead atoms. The first-order chi connectivity index (χ1) is 11.8. The average molecular weight is 346 g/mol. The predicted octanol–water partition coefficient (Wildman–Crippen LogP) is 3.56. The Balaban J connectivity index is 1.75. The van der Waals surface area contributed by atoms with Crippen molar-refractivity contribution in [2.75, 3.05) is 6.61 Å². The second kappa shape index (κ2) is 5.60. The molecule has 4 rings (SSSR count). The van der Waals surface area contributed by atoms with Gasteiger partial charge in [0.25, 0.3) is 0 Å². The van der Waals surface area contributed by atoms with Gasteiger partial charge in [-0.1, -0.05) is 25.5 Å². The summed E-state index contributed by atoms with van der Waals surface area (Å²) in [6, 6.07) is 0. The number of hydrogen-bond donors (Lipinski definition) is 1. The number of carbonyl (C=O) groups is 2. The maximum atomic E-state index is 15.1. The van der Waals surface area contributed by atoms with Crippen molar-refractivity contribution >= 4 is 11.6 Å². The van der Waals surface area contributed by atoms with Crippen molar-refractivity contribution in [3.05, 3.63) is 23.3 Å². The minimum absolute atomic E-state index is 0.0456. The highest BCUT2D eigenvalue weighted by Crippen LogP contribution is 2.64. The average Bonchev–Trinajstić information content (AvgIpc) is 2.93. The molecule has 0 heterocycles. The molecule has 0 aromatic heterocycles. The second-order valence-corrected chi connectivity index (χ2v) is 8.94. The molecule has 0 aromatic carbocycles. The molecular weight excluding hydrogens is 319 g/mol. The van der Waals surface area contributed by atoms with Crippen LogP contribution in [-0.2, 0) is 9.59 Å². The third-order valence-electron chi connectivity index (χ3n) is 7.86. The lowest BCUT2D eigenvalue weighted by Gasteiger charge is -2.54. The summed E-state index contributed by atoms with van der Waals surface area (Å²) in [6.07, 6.45) is 6.90. The van der Waals surface area contributed by atoms with Gasteiger partial charge in [0, 0.05) is 17.8 Å². The standard InChI is InChI=1S/C21H27FO3/c1-20-8-6-15-13(14(20)3-4-16(20)19(25)11-23)10-18(22)17-9-12(24)5-7-21(15,17)2/h6,9,13-14,16,18,23H,3-5,7-8,10-11H2,1-2H3/t13-,14-,16+,18-,20-,21+/m0/s1. The Morgan fingerprint density at radius 1 is 1.32 bits per heavy atom. The molecule has 0 spiro atoms. The van der Waals surface area contributed by atoms with Crippen LogP contribution in [0, 0.1) is 28.6 Å². The fraction of sp³-hybridized carbons (Fsp3) is 0.714. The molecule has 4 aliphatic rings. The van der Waals surface area contributed by atoms with E-state index in [-0.39, 0.29) is 34.2 Å². The number of aliphatic hydroxyl groups excluding tert-OH is 1. The lowest BCUT2D eigenvalue weighted by molar-refractivity contribution is -0.129. The van der Waals surface area contributed by atoms with E-state index in [9.17, 15) is 14.7 Å².